The molecule has 0 saturated carbocycles. The van der Waals surface area contributed by atoms with E-state index in [0.717, 1.165) is 17.0 Å². The quantitative estimate of drug-likeness (QED) is 0.407. The maximum atomic E-state index is 5.04. The normalized spacial score (nSPS) is 11.4. The highest BCUT2D eigenvalue weighted by atomic mass is 15.3. The SMILES string of the molecule is Cc1cccc(C)c1-n1c(N(C)c2ccccc2C(C)C)nc2ccccc21. The van der Waals surface area contributed by atoms with Crippen LogP contribution >= 0.6 is 0 Å². The zero-order valence-corrected chi connectivity index (χ0v) is 17.3. The van der Waals surface area contributed by atoms with E-state index >= 15 is 0 Å². The van der Waals surface area contributed by atoms with Crippen molar-refractivity contribution >= 4 is 22.7 Å². The Morgan fingerprint density at radius 3 is 2.18 bits per heavy atom. The van der Waals surface area contributed by atoms with Gasteiger partial charge in [0.05, 0.1) is 16.7 Å². The first-order chi connectivity index (χ1) is 13.5. The Labute approximate surface area is 167 Å². The molecule has 0 atom stereocenters. The summed E-state index contributed by atoms with van der Waals surface area (Å²) < 4.78 is 2.30. The summed E-state index contributed by atoms with van der Waals surface area (Å²) in [5.41, 5.74) is 8.35. The average Bonchev–Trinajstić information content (AvgIpc) is 3.07. The van der Waals surface area contributed by atoms with Crippen LogP contribution in [0.15, 0.2) is 66.7 Å². The van der Waals surface area contributed by atoms with Gasteiger partial charge in [-0.3, -0.25) is 4.57 Å². The lowest BCUT2D eigenvalue weighted by Crippen LogP contribution is -2.17. The van der Waals surface area contributed by atoms with E-state index in [2.05, 4.69) is 111 Å². The molecule has 3 heteroatoms. The summed E-state index contributed by atoms with van der Waals surface area (Å²) in [6.07, 6.45) is 0. The molecule has 0 aliphatic heterocycles. The second kappa shape index (κ2) is 7.16. The number of aryl methyl sites for hydroxylation is 2. The fourth-order valence-corrected chi connectivity index (χ4v) is 4.01. The van der Waals surface area contributed by atoms with Crippen LogP contribution in [0.1, 0.15) is 36.5 Å². The van der Waals surface area contributed by atoms with Crippen molar-refractivity contribution < 1.29 is 0 Å². The fraction of sp³-hybridized carbons (Fsp3) is 0.240. The minimum atomic E-state index is 0.441. The third kappa shape index (κ3) is 2.97. The first-order valence-electron chi connectivity index (χ1n) is 9.85. The van der Waals surface area contributed by atoms with E-state index in [1.807, 2.05) is 0 Å². The number of hydrogen-bond acceptors (Lipinski definition) is 2. The van der Waals surface area contributed by atoms with Gasteiger partial charge in [-0.1, -0.05) is 62.4 Å². The van der Waals surface area contributed by atoms with Gasteiger partial charge in [-0.2, -0.15) is 0 Å². The molecule has 0 saturated heterocycles. The van der Waals surface area contributed by atoms with Crippen LogP contribution in [0, 0.1) is 13.8 Å². The van der Waals surface area contributed by atoms with Gasteiger partial charge in [0.25, 0.3) is 0 Å². The van der Waals surface area contributed by atoms with Crippen LogP contribution in [0.3, 0.4) is 0 Å². The zero-order chi connectivity index (χ0) is 19.8. The van der Waals surface area contributed by atoms with E-state index in [0.29, 0.717) is 5.92 Å². The number of fused-ring (bicyclic) bond motifs is 1. The molecule has 0 aliphatic carbocycles. The molecule has 4 aromatic rings. The highest BCUT2D eigenvalue weighted by Crippen LogP contribution is 2.36. The molecule has 0 bridgehead atoms. The van der Waals surface area contributed by atoms with E-state index in [9.17, 15) is 0 Å². The van der Waals surface area contributed by atoms with Crippen LogP contribution in [-0.2, 0) is 0 Å². The van der Waals surface area contributed by atoms with Gasteiger partial charge in [0.15, 0.2) is 0 Å². The van der Waals surface area contributed by atoms with Crippen LogP contribution < -0.4 is 4.90 Å². The summed E-state index contributed by atoms with van der Waals surface area (Å²) in [4.78, 5) is 7.26. The number of imidazole rings is 1. The molecule has 0 unspecified atom stereocenters. The van der Waals surface area contributed by atoms with E-state index in [1.165, 1.54) is 28.1 Å². The predicted molar refractivity (Wildman–Crippen MR) is 119 cm³/mol. The molecule has 4 rings (SSSR count). The summed E-state index contributed by atoms with van der Waals surface area (Å²) in [6, 6.07) is 23.4. The minimum Gasteiger partial charge on any atom is -0.314 e. The summed E-state index contributed by atoms with van der Waals surface area (Å²) in [5.74, 6) is 1.38. The van der Waals surface area contributed by atoms with Crippen LogP contribution in [0.4, 0.5) is 11.6 Å². The van der Waals surface area contributed by atoms with Crippen molar-refractivity contribution in [2.24, 2.45) is 0 Å². The fourth-order valence-electron chi connectivity index (χ4n) is 4.01. The smallest absolute Gasteiger partial charge is 0.215 e. The van der Waals surface area contributed by atoms with E-state index in [1.54, 1.807) is 0 Å². The van der Waals surface area contributed by atoms with E-state index in [-0.39, 0.29) is 0 Å². The van der Waals surface area contributed by atoms with Crippen molar-refractivity contribution in [1.82, 2.24) is 9.55 Å². The molecule has 3 aromatic carbocycles. The number of rotatable bonds is 4. The lowest BCUT2D eigenvalue weighted by molar-refractivity contribution is 0.857. The molecule has 1 aromatic heterocycles. The number of hydrogen-bond donors (Lipinski definition) is 0. The Balaban J connectivity index is 2.01. The number of nitrogens with zero attached hydrogens (tertiary/aromatic N) is 3. The average molecular weight is 370 g/mol. The second-order valence-electron chi connectivity index (χ2n) is 7.75. The summed E-state index contributed by atoms with van der Waals surface area (Å²) in [5, 5.41) is 0. The highest BCUT2D eigenvalue weighted by molar-refractivity contribution is 5.83. The van der Waals surface area contributed by atoms with E-state index in [4.69, 9.17) is 4.98 Å². The van der Waals surface area contributed by atoms with Gasteiger partial charge in [-0.25, -0.2) is 4.98 Å². The van der Waals surface area contributed by atoms with Crippen molar-refractivity contribution in [2.75, 3.05) is 11.9 Å². The third-order valence-electron chi connectivity index (χ3n) is 5.43. The molecule has 0 N–H and O–H groups in total. The number of para-hydroxylation sites is 4. The Morgan fingerprint density at radius 1 is 0.821 bits per heavy atom. The van der Waals surface area contributed by atoms with Gasteiger partial charge < -0.3 is 4.90 Å². The maximum absolute atomic E-state index is 5.04. The molecule has 0 radical (unpaired) electrons. The molecule has 1 heterocycles. The largest absolute Gasteiger partial charge is 0.314 e. The van der Waals surface area contributed by atoms with Gasteiger partial charge in [0, 0.05) is 12.7 Å². The summed E-state index contributed by atoms with van der Waals surface area (Å²) in [6.45, 7) is 8.81. The standard InChI is InChI=1S/C25H27N3/c1-17(2)20-13-6-8-15-22(20)27(5)25-26-21-14-7-9-16-23(21)28(25)24-18(3)11-10-12-19(24)4/h6-17H,1-5H3. The number of benzene rings is 3. The van der Waals surface area contributed by atoms with Gasteiger partial charge in [0.2, 0.25) is 5.95 Å². The minimum absolute atomic E-state index is 0.441. The zero-order valence-electron chi connectivity index (χ0n) is 17.3. The Morgan fingerprint density at radius 2 is 1.46 bits per heavy atom. The monoisotopic (exact) mass is 369 g/mol. The molecular formula is C25H27N3. The van der Waals surface area contributed by atoms with Crippen molar-refractivity contribution in [1.29, 1.82) is 0 Å². The van der Waals surface area contributed by atoms with Crippen LogP contribution in [0.25, 0.3) is 16.7 Å². The van der Waals surface area contributed by atoms with Gasteiger partial charge in [0.1, 0.15) is 0 Å². The molecule has 28 heavy (non-hydrogen) atoms. The summed E-state index contributed by atoms with van der Waals surface area (Å²) >= 11 is 0. The van der Waals surface area contributed by atoms with Crippen molar-refractivity contribution in [2.45, 2.75) is 33.6 Å². The van der Waals surface area contributed by atoms with Crippen LogP contribution in [0.2, 0.25) is 0 Å². The first kappa shape index (κ1) is 18.3. The molecule has 0 aliphatic rings. The third-order valence-corrected chi connectivity index (χ3v) is 5.43. The molecule has 0 amide bonds. The van der Waals surface area contributed by atoms with E-state index < -0.39 is 0 Å². The van der Waals surface area contributed by atoms with Crippen LogP contribution in [-0.4, -0.2) is 16.6 Å². The lowest BCUT2D eigenvalue weighted by Gasteiger charge is -2.25. The Hall–Kier alpha value is -3.07. The Bertz CT molecular complexity index is 1120. The van der Waals surface area contributed by atoms with Gasteiger partial charge >= 0.3 is 0 Å². The molecule has 0 spiro atoms. The molecule has 142 valence electrons. The highest BCUT2D eigenvalue weighted by Gasteiger charge is 2.21. The van der Waals surface area contributed by atoms with Crippen LogP contribution in [0.5, 0.6) is 0 Å². The van der Waals surface area contributed by atoms with Crippen molar-refractivity contribution in [3.63, 3.8) is 0 Å². The topological polar surface area (TPSA) is 21.1 Å². The van der Waals surface area contributed by atoms with Crippen molar-refractivity contribution in [3.8, 4) is 5.69 Å². The lowest BCUT2D eigenvalue weighted by atomic mass is 10.0. The molecular weight excluding hydrogens is 342 g/mol. The predicted octanol–water partition coefficient (Wildman–Crippen LogP) is 6.53. The molecule has 0 fully saturated rings. The van der Waals surface area contributed by atoms with Crippen molar-refractivity contribution in [3.05, 3.63) is 83.4 Å². The number of anilines is 2. The maximum Gasteiger partial charge on any atom is 0.215 e. The second-order valence-corrected chi connectivity index (χ2v) is 7.75. The molecule has 3 nitrogen and oxygen atoms in total. The summed E-state index contributed by atoms with van der Waals surface area (Å²) in [7, 11) is 2.12. The van der Waals surface area contributed by atoms with Gasteiger partial charge in [-0.05, 0) is 54.7 Å². The van der Waals surface area contributed by atoms with Gasteiger partial charge in [-0.15, -0.1) is 0 Å². The first-order valence-corrected chi connectivity index (χ1v) is 9.85. The number of aromatic nitrogens is 2. The Kier molecular flexibility index (Phi) is 4.68.